The van der Waals surface area contributed by atoms with E-state index in [0.29, 0.717) is 34.0 Å². The molecule has 0 saturated heterocycles. The third-order valence-electron chi connectivity index (χ3n) is 6.65. The number of hydrogen-bond acceptors (Lipinski definition) is 6. The van der Waals surface area contributed by atoms with Crippen LogP contribution in [0.25, 0.3) is 56.1 Å². The SMILES string of the molecule is Cc1cccc(-c2nccc3[nH]c(-c4n[nH]c5ccc(-c6cncc(NC(=O)c7ccccc7)c6)nc45)nc23)c1. The highest BCUT2D eigenvalue weighted by Crippen LogP contribution is 2.31. The molecule has 5 heterocycles. The summed E-state index contributed by atoms with van der Waals surface area (Å²) in [6, 6.07) is 24.8. The molecule has 0 atom stereocenters. The molecule has 0 aliphatic carbocycles. The smallest absolute Gasteiger partial charge is 0.255 e. The minimum absolute atomic E-state index is 0.204. The Bertz CT molecular complexity index is 2030. The van der Waals surface area contributed by atoms with E-state index in [1.54, 1.807) is 30.7 Å². The third-order valence-corrected chi connectivity index (χ3v) is 6.65. The molecule has 0 unspecified atom stereocenters. The summed E-state index contributed by atoms with van der Waals surface area (Å²) in [5.41, 5.74) is 9.23. The molecule has 0 bridgehead atoms. The normalized spacial score (nSPS) is 11.2. The van der Waals surface area contributed by atoms with Crippen molar-refractivity contribution in [3.63, 3.8) is 0 Å². The van der Waals surface area contributed by atoms with Crippen LogP contribution in [0.2, 0.25) is 0 Å². The van der Waals surface area contributed by atoms with Gasteiger partial charge in [0, 0.05) is 29.1 Å². The van der Waals surface area contributed by atoms with Gasteiger partial charge in [0.2, 0.25) is 0 Å². The van der Waals surface area contributed by atoms with E-state index in [9.17, 15) is 4.79 Å². The fraction of sp³-hybridized carbons (Fsp3) is 0.0323. The van der Waals surface area contributed by atoms with Crippen molar-refractivity contribution in [3.8, 4) is 34.0 Å². The van der Waals surface area contributed by atoms with Crippen LogP contribution < -0.4 is 5.32 Å². The molecule has 192 valence electrons. The van der Waals surface area contributed by atoms with Gasteiger partial charge >= 0.3 is 0 Å². The van der Waals surface area contributed by atoms with E-state index < -0.39 is 0 Å². The number of nitrogens with zero attached hydrogens (tertiary/aromatic N) is 5. The molecule has 0 aliphatic rings. The number of benzene rings is 2. The lowest BCUT2D eigenvalue weighted by atomic mass is 10.1. The number of H-pyrrole nitrogens is 2. The first kappa shape index (κ1) is 23.4. The van der Waals surface area contributed by atoms with E-state index in [-0.39, 0.29) is 5.91 Å². The van der Waals surface area contributed by atoms with E-state index in [4.69, 9.17) is 9.97 Å². The lowest BCUT2D eigenvalue weighted by Crippen LogP contribution is -2.11. The minimum Gasteiger partial charge on any atom is -0.336 e. The van der Waals surface area contributed by atoms with Crippen LogP contribution >= 0.6 is 0 Å². The largest absolute Gasteiger partial charge is 0.336 e. The van der Waals surface area contributed by atoms with Crippen LogP contribution in [0.4, 0.5) is 5.69 Å². The number of pyridine rings is 3. The zero-order valence-corrected chi connectivity index (χ0v) is 21.4. The van der Waals surface area contributed by atoms with Crippen LogP contribution in [0.5, 0.6) is 0 Å². The fourth-order valence-corrected chi connectivity index (χ4v) is 4.72. The Kier molecular flexibility index (Phi) is 5.59. The number of aromatic nitrogens is 7. The molecular weight excluding hydrogens is 500 g/mol. The molecule has 0 aliphatic heterocycles. The van der Waals surface area contributed by atoms with E-state index >= 15 is 0 Å². The molecule has 0 fully saturated rings. The number of hydrogen-bond donors (Lipinski definition) is 3. The first-order valence-electron chi connectivity index (χ1n) is 12.7. The number of nitrogens with one attached hydrogen (secondary N) is 3. The number of imidazole rings is 1. The zero-order chi connectivity index (χ0) is 27.1. The molecule has 9 nitrogen and oxygen atoms in total. The van der Waals surface area contributed by atoms with Crippen LogP contribution in [0.3, 0.4) is 0 Å². The molecule has 0 saturated carbocycles. The molecule has 1 amide bonds. The van der Waals surface area contributed by atoms with Crippen molar-refractivity contribution in [1.29, 1.82) is 0 Å². The maximum absolute atomic E-state index is 12.6. The van der Waals surface area contributed by atoms with Gasteiger partial charge in [0.1, 0.15) is 11.0 Å². The molecule has 3 N–H and O–H groups in total. The molecular formula is C31H22N8O. The lowest BCUT2D eigenvalue weighted by Gasteiger charge is -2.07. The number of aryl methyl sites for hydroxylation is 1. The Hall–Kier alpha value is -5.70. The molecule has 5 aromatic heterocycles. The molecule has 9 heteroatoms. The van der Waals surface area contributed by atoms with Crippen LogP contribution in [-0.4, -0.2) is 41.0 Å². The highest BCUT2D eigenvalue weighted by atomic mass is 16.1. The lowest BCUT2D eigenvalue weighted by molar-refractivity contribution is 0.102. The molecule has 0 spiro atoms. The van der Waals surface area contributed by atoms with Gasteiger partial charge in [0.25, 0.3) is 5.91 Å². The number of aromatic amines is 2. The summed E-state index contributed by atoms with van der Waals surface area (Å²) in [5.74, 6) is 0.388. The van der Waals surface area contributed by atoms with Gasteiger partial charge in [0.15, 0.2) is 11.5 Å². The Morgan fingerprint density at radius 1 is 0.800 bits per heavy atom. The predicted molar refractivity (Wildman–Crippen MR) is 155 cm³/mol. The van der Waals surface area contributed by atoms with E-state index in [1.807, 2.05) is 54.6 Å². The standard InChI is InChI=1S/C31H22N8O/c1-18-6-5-9-20(14-18)26-27-24(12-13-33-26)36-30(37-27)29-28-25(38-39-29)11-10-23(35-28)21-15-22(17-32-16-21)34-31(40)19-7-3-2-4-8-19/h2-17H,1H3,(H,34,40)(H,36,37)(H,38,39). The maximum Gasteiger partial charge on any atom is 0.255 e. The first-order chi connectivity index (χ1) is 19.6. The van der Waals surface area contributed by atoms with Crippen LogP contribution in [0, 0.1) is 6.92 Å². The highest BCUT2D eigenvalue weighted by Gasteiger charge is 2.18. The predicted octanol–water partition coefficient (Wildman–Crippen LogP) is 6.19. The fourth-order valence-electron chi connectivity index (χ4n) is 4.72. The number of amides is 1. The van der Waals surface area contributed by atoms with Crippen molar-refractivity contribution >= 4 is 33.7 Å². The molecule has 40 heavy (non-hydrogen) atoms. The average Bonchev–Trinajstić information content (AvgIpc) is 3.61. The van der Waals surface area contributed by atoms with Gasteiger partial charge in [-0.15, -0.1) is 0 Å². The van der Waals surface area contributed by atoms with Crippen molar-refractivity contribution in [1.82, 2.24) is 35.1 Å². The number of carbonyl (C=O) groups excluding carboxylic acids is 1. The summed E-state index contributed by atoms with van der Waals surface area (Å²) in [4.78, 5) is 34.7. The monoisotopic (exact) mass is 522 g/mol. The zero-order valence-electron chi connectivity index (χ0n) is 21.4. The van der Waals surface area contributed by atoms with E-state index in [2.05, 4.69) is 49.5 Å². The van der Waals surface area contributed by atoms with Crippen LogP contribution in [0.15, 0.2) is 97.5 Å². The van der Waals surface area contributed by atoms with Crippen molar-refractivity contribution in [2.45, 2.75) is 6.92 Å². The Morgan fingerprint density at radius 2 is 1.68 bits per heavy atom. The maximum atomic E-state index is 12.6. The average molecular weight is 523 g/mol. The number of anilines is 1. The molecule has 7 rings (SSSR count). The number of fused-ring (bicyclic) bond motifs is 2. The summed E-state index contributed by atoms with van der Waals surface area (Å²) < 4.78 is 0. The van der Waals surface area contributed by atoms with Crippen molar-refractivity contribution in [2.24, 2.45) is 0 Å². The van der Waals surface area contributed by atoms with Crippen LogP contribution in [-0.2, 0) is 0 Å². The number of rotatable bonds is 5. The van der Waals surface area contributed by atoms with Gasteiger partial charge in [-0.1, -0.05) is 42.0 Å². The second kappa shape index (κ2) is 9.55. The summed E-state index contributed by atoms with van der Waals surface area (Å²) in [7, 11) is 0. The summed E-state index contributed by atoms with van der Waals surface area (Å²) in [6.45, 7) is 2.06. The van der Waals surface area contributed by atoms with Crippen molar-refractivity contribution in [2.75, 3.05) is 5.32 Å². The molecule has 0 radical (unpaired) electrons. The molecule has 7 aromatic rings. The quantitative estimate of drug-likeness (QED) is 0.248. The van der Waals surface area contributed by atoms with Gasteiger partial charge in [-0.3, -0.25) is 19.9 Å². The van der Waals surface area contributed by atoms with Crippen molar-refractivity contribution < 1.29 is 4.79 Å². The third kappa shape index (κ3) is 4.25. The van der Waals surface area contributed by atoms with Gasteiger partial charge < -0.3 is 10.3 Å². The first-order valence-corrected chi connectivity index (χ1v) is 12.7. The van der Waals surface area contributed by atoms with Gasteiger partial charge in [-0.2, -0.15) is 5.10 Å². The Morgan fingerprint density at radius 3 is 2.55 bits per heavy atom. The Balaban J connectivity index is 1.25. The van der Waals surface area contributed by atoms with Gasteiger partial charge in [-0.05, 0) is 49.4 Å². The summed E-state index contributed by atoms with van der Waals surface area (Å²) >= 11 is 0. The van der Waals surface area contributed by atoms with Crippen LogP contribution in [0.1, 0.15) is 15.9 Å². The second-order valence-corrected chi connectivity index (χ2v) is 9.46. The van der Waals surface area contributed by atoms with Crippen molar-refractivity contribution in [3.05, 3.63) is 109 Å². The summed E-state index contributed by atoms with van der Waals surface area (Å²) in [5, 5.41) is 10.5. The van der Waals surface area contributed by atoms with E-state index in [0.717, 1.165) is 38.9 Å². The highest BCUT2D eigenvalue weighted by molar-refractivity contribution is 6.04. The molecule has 2 aromatic carbocycles. The minimum atomic E-state index is -0.204. The van der Waals surface area contributed by atoms with Gasteiger partial charge in [0.05, 0.1) is 34.3 Å². The second-order valence-electron chi connectivity index (χ2n) is 9.46. The van der Waals surface area contributed by atoms with E-state index in [1.165, 1.54) is 0 Å². The van der Waals surface area contributed by atoms with Gasteiger partial charge in [-0.25, -0.2) is 9.97 Å². The topological polar surface area (TPSA) is 125 Å². The number of carbonyl (C=O) groups is 1. The Labute approximate surface area is 228 Å². The summed E-state index contributed by atoms with van der Waals surface area (Å²) in [6.07, 6.45) is 5.10.